The summed E-state index contributed by atoms with van der Waals surface area (Å²) in [5, 5.41) is 14.7. The van der Waals surface area contributed by atoms with Crippen molar-refractivity contribution < 1.29 is 55.7 Å². The number of nitriles is 1. The van der Waals surface area contributed by atoms with Crippen LogP contribution in [0.1, 0.15) is 75.5 Å². The molecule has 2 N–H and O–H groups in total. The SMILES string of the molecule is Cc1nc(OCCOCCOCCOCC(=O)N[C@H](C(=O)N2CCC[C@H]2C(=O)NCc2ccc(-c3scnc3C)cc2)C(C)(C)C)ccc1N1C(=S)N(c2ccc(C#N)c(C(F)(F)F)c2F)C(=O)C1(C)C. The van der Waals surface area contributed by atoms with E-state index in [1.807, 2.05) is 57.5 Å². The van der Waals surface area contributed by atoms with Gasteiger partial charge in [-0.3, -0.25) is 24.1 Å². The molecule has 2 aromatic heterocycles. The van der Waals surface area contributed by atoms with E-state index >= 15 is 4.39 Å². The summed E-state index contributed by atoms with van der Waals surface area (Å²) in [6, 6.07) is 12.5. The number of likely N-dealkylation sites (tertiary alicyclic amines) is 1. The van der Waals surface area contributed by atoms with Gasteiger partial charge in [0.1, 0.15) is 36.4 Å². The van der Waals surface area contributed by atoms with Crippen LogP contribution in [0.2, 0.25) is 0 Å². The number of carbonyl (C=O) groups is 4. The van der Waals surface area contributed by atoms with E-state index in [1.54, 1.807) is 29.2 Å². The zero-order chi connectivity index (χ0) is 51.8. The molecule has 2 saturated heterocycles. The number of thiazole rings is 1. The van der Waals surface area contributed by atoms with Gasteiger partial charge in [-0.2, -0.15) is 18.4 Å². The molecule has 0 bridgehead atoms. The lowest BCUT2D eigenvalue weighted by molar-refractivity contribution is -0.144. The van der Waals surface area contributed by atoms with Crippen LogP contribution in [-0.4, -0.2) is 114 Å². The van der Waals surface area contributed by atoms with Gasteiger partial charge in [0.25, 0.3) is 5.91 Å². The fraction of sp³-hybridized carbons (Fsp3) is 0.469. The smallest absolute Gasteiger partial charge is 0.420 e. The number of hydrogen-bond donors (Lipinski definition) is 2. The summed E-state index contributed by atoms with van der Waals surface area (Å²) >= 11 is 7.11. The van der Waals surface area contributed by atoms with E-state index in [0.717, 1.165) is 33.8 Å². The topological polar surface area (TPSA) is 189 Å². The van der Waals surface area contributed by atoms with Crippen LogP contribution in [0.4, 0.5) is 28.9 Å². The van der Waals surface area contributed by atoms with Crippen LogP contribution in [0, 0.1) is 36.4 Å². The van der Waals surface area contributed by atoms with E-state index in [1.165, 1.54) is 30.9 Å². The van der Waals surface area contributed by atoms with Gasteiger partial charge in [0.2, 0.25) is 23.6 Å². The number of alkyl halides is 3. The van der Waals surface area contributed by atoms with Crippen molar-refractivity contribution in [1.82, 2.24) is 25.5 Å². The molecule has 2 atom stereocenters. The van der Waals surface area contributed by atoms with E-state index < -0.39 is 63.7 Å². The maximum Gasteiger partial charge on any atom is 0.420 e. The molecular formula is C49H56F4N8O8S2. The molecule has 0 spiro atoms. The summed E-state index contributed by atoms with van der Waals surface area (Å²) in [6.07, 6.45) is -4.03. The number of halogens is 4. The third-order valence-corrected chi connectivity index (χ3v) is 13.2. The molecule has 0 unspecified atom stereocenters. The highest BCUT2D eigenvalue weighted by Crippen LogP contribution is 2.42. The first-order chi connectivity index (χ1) is 33.6. The van der Waals surface area contributed by atoms with Gasteiger partial charge >= 0.3 is 6.18 Å². The minimum Gasteiger partial charge on any atom is -0.475 e. The number of anilines is 2. The Hall–Kier alpha value is -6.12. The summed E-state index contributed by atoms with van der Waals surface area (Å²) < 4.78 is 79.1. The first-order valence-corrected chi connectivity index (χ1v) is 24.0. The average molecular weight is 1030 g/mol. The molecule has 2 aromatic carbocycles. The quantitative estimate of drug-likeness (QED) is 0.0522. The van der Waals surface area contributed by atoms with Crippen molar-refractivity contribution in [3.63, 3.8) is 0 Å². The highest BCUT2D eigenvalue weighted by molar-refractivity contribution is 7.81. The van der Waals surface area contributed by atoms with Crippen LogP contribution < -0.4 is 25.2 Å². The summed E-state index contributed by atoms with van der Waals surface area (Å²) in [6.45, 7) is 13.5. The third kappa shape index (κ3) is 12.7. The van der Waals surface area contributed by atoms with Crippen LogP contribution in [0.15, 0.2) is 54.0 Å². The second kappa shape index (κ2) is 23.0. The molecule has 0 radical (unpaired) electrons. The highest BCUT2D eigenvalue weighted by Gasteiger charge is 2.52. The summed E-state index contributed by atoms with van der Waals surface area (Å²) in [7, 11) is 0. The number of nitrogens with zero attached hydrogens (tertiary/aromatic N) is 6. The summed E-state index contributed by atoms with van der Waals surface area (Å²) in [5.74, 6) is -3.43. The second-order valence-electron chi connectivity index (χ2n) is 18.4. The molecule has 2 fully saturated rings. The van der Waals surface area contributed by atoms with Crippen molar-refractivity contribution in [2.75, 3.05) is 62.6 Å². The first kappa shape index (κ1) is 54.2. The molecule has 4 amide bonds. The number of aryl methyl sites for hydroxylation is 2. The number of thiocarbonyl (C=S) groups is 1. The maximum atomic E-state index is 15.4. The molecule has 71 heavy (non-hydrogen) atoms. The zero-order valence-corrected chi connectivity index (χ0v) is 42.0. The second-order valence-corrected chi connectivity index (χ2v) is 19.6. The lowest BCUT2D eigenvalue weighted by Gasteiger charge is -2.35. The van der Waals surface area contributed by atoms with Gasteiger partial charge < -0.3 is 39.4 Å². The largest absolute Gasteiger partial charge is 0.475 e. The van der Waals surface area contributed by atoms with E-state index in [0.29, 0.717) is 42.2 Å². The monoisotopic (exact) mass is 1020 g/mol. The number of hydrogen-bond acceptors (Lipinski definition) is 13. The van der Waals surface area contributed by atoms with Crippen molar-refractivity contribution >= 4 is 63.7 Å². The van der Waals surface area contributed by atoms with Crippen molar-refractivity contribution in [2.24, 2.45) is 5.41 Å². The van der Waals surface area contributed by atoms with E-state index in [9.17, 15) is 37.6 Å². The van der Waals surface area contributed by atoms with Gasteiger partial charge in [-0.05, 0) is 87.5 Å². The summed E-state index contributed by atoms with van der Waals surface area (Å²) in [5.41, 5.74) is -0.125. The number of rotatable bonds is 20. The van der Waals surface area contributed by atoms with E-state index in [-0.39, 0.29) is 69.1 Å². The number of nitrogens with one attached hydrogen (secondary N) is 2. The van der Waals surface area contributed by atoms with Crippen LogP contribution in [0.5, 0.6) is 5.88 Å². The Morgan fingerprint density at radius 2 is 1.59 bits per heavy atom. The van der Waals surface area contributed by atoms with Gasteiger partial charge in [0, 0.05) is 19.2 Å². The Labute approximate surface area is 418 Å². The summed E-state index contributed by atoms with van der Waals surface area (Å²) in [4.78, 5) is 67.3. The number of ether oxygens (including phenoxy) is 4. The Bertz CT molecular complexity index is 2650. The van der Waals surface area contributed by atoms with Gasteiger partial charge in [-0.15, -0.1) is 11.3 Å². The van der Waals surface area contributed by atoms with Crippen LogP contribution in [0.3, 0.4) is 0 Å². The molecule has 4 aromatic rings. The van der Waals surface area contributed by atoms with Crippen molar-refractivity contribution in [2.45, 2.75) is 91.7 Å². The predicted molar refractivity (Wildman–Crippen MR) is 260 cm³/mol. The predicted octanol–water partition coefficient (Wildman–Crippen LogP) is 7.04. The lowest BCUT2D eigenvalue weighted by Crippen LogP contribution is -2.58. The molecule has 0 saturated carbocycles. The van der Waals surface area contributed by atoms with Crippen LogP contribution in [0.25, 0.3) is 10.4 Å². The highest BCUT2D eigenvalue weighted by atomic mass is 32.1. The molecule has 6 rings (SSSR count). The van der Waals surface area contributed by atoms with Gasteiger partial charge in [-0.25, -0.2) is 14.4 Å². The van der Waals surface area contributed by atoms with Gasteiger partial charge in [0.05, 0.1) is 77.8 Å². The first-order valence-electron chi connectivity index (χ1n) is 22.7. The Kier molecular flexibility index (Phi) is 17.5. The molecule has 4 heterocycles. The molecule has 2 aliphatic rings. The number of aromatic nitrogens is 2. The fourth-order valence-corrected chi connectivity index (χ4v) is 9.48. The van der Waals surface area contributed by atoms with Gasteiger partial charge in [0.15, 0.2) is 10.9 Å². The van der Waals surface area contributed by atoms with E-state index in [4.69, 9.17) is 31.2 Å². The van der Waals surface area contributed by atoms with E-state index in [2.05, 4.69) is 20.6 Å². The number of benzene rings is 2. The van der Waals surface area contributed by atoms with Crippen molar-refractivity contribution in [1.29, 1.82) is 5.26 Å². The maximum absolute atomic E-state index is 15.4. The average Bonchev–Trinajstić information content (AvgIpc) is 4.02. The molecule has 380 valence electrons. The molecule has 0 aliphatic carbocycles. The third-order valence-electron chi connectivity index (χ3n) is 11.8. The zero-order valence-electron chi connectivity index (χ0n) is 40.4. The number of amides is 4. The minimum atomic E-state index is -5.20. The Balaban J connectivity index is 0.877. The van der Waals surface area contributed by atoms with Crippen molar-refractivity contribution in [3.8, 4) is 22.4 Å². The molecule has 16 nitrogen and oxygen atoms in total. The van der Waals surface area contributed by atoms with Gasteiger partial charge in [-0.1, -0.05) is 45.0 Å². The number of pyridine rings is 1. The number of carbonyl (C=O) groups excluding carboxylic acids is 4. The molecular weight excluding hydrogens is 969 g/mol. The normalized spacial score (nSPS) is 16.3. The standard InChI is InChI=1S/C49H56F4N8O8S2/c1-29-34(61-46(70)60(45(65)48(61,6)7)35-15-14-33(25-54)39(40(35)50)49(51,52)53)16-17-38(57-29)69-24-23-67-20-19-66-21-22-68-27-37(62)58-42(47(3,4)5)44(64)59-18-8-9-36(59)43(63)55-26-31-10-12-32(13-11-31)41-30(2)56-28-71-41/h10-17,28,36,42H,8-9,18-24,26-27H2,1-7H3,(H,55,63)(H,58,62)/t36-,42+/m0/s1. The van der Waals surface area contributed by atoms with Crippen LogP contribution >= 0.6 is 23.6 Å². The minimum absolute atomic E-state index is 0.102. The molecule has 2 aliphatic heterocycles. The Morgan fingerprint density at radius 1 is 0.944 bits per heavy atom. The van der Waals surface area contributed by atoms with Crippen molar-refractivity contribution in [3.05, 3.63) is 87.9 Å². The Morgan fingerprint density at radius 3 is 2.20 bits per heavy atom. The lowest BCUT2D eigenvalue weighted by atomic mass is 9.85. The fourth-order valence-electron chi connectivity index (χ4n) is 8.16. The molecule has 22 heteroatoms. The van der Waals surface area contributed by atoms with Crippen LogP contribution in [-0.2, 0) is 46.1 Å².